The van der Waals surface area contributed by atoms with Gasteiger partial charge < -0.3 is 15.2 Å². The van der Waals surface area contributed by atoms with Gasteiger partial charge in [0.15, 0.2) is 0 Å². The maximum Gasteiger partial charge on any atom is 0.416 e. The molecule has 0 aliphatic carbocycles. The molecule has 0 saturated carbocycles. The molecule has 0 unspecified atom stereocenters. The number of nitrogens with one attached hydrogen (secondary N) is 1. The maximum atomic E-state index is 12.9. The molecule has 3 aromatic rings. The third-order valence-electron chi connectivity index (χ3n) is 5.59. The third-order valence-corrected chi connectivity index (χ3v) is 6.77. The van der Waals surface area contributed by atoms with E-state index in [9.17, 15) is 22.8 Å². The molecule has 198 valence electrons. The molecule has 0 fully saturated rings. The van der Waals surface area contributed by atoms with Gasteiger partial charge in [0, 0.05) is 11.4 Å². The van der Waals surface area contributed by atoms with Gasteiger partial charge in [-0.1, -0.05) is 39.0 Å². The minimum atomic E-state index is -4.38. The summed E-state index contributed by atoms with van der Waals surface area (Å²) in [6.07, 6.45) is -4.19. The highest BCUT2D eigenvalue weighted by molar-refractivity contribution is 7.14. The number of alkyl halides is 3. The van der Waals surface area contributed by atoms with Crippen molar-refractivity contribution in [2.24, 2.45) is 5.41 Å². The number of carbonyl (C=O) groups excluding carboxylic acids is 1. The average Bonchev–Trinajstić information content (AvgIpc) is 3.28. The Morgan fingerprint density at radius 3 is 2.27 bits per heavy atom. The van der Waals surface area contributed by atoms with Crippen LogP contribution in [0.3, 0.4) is 0 Å². The van der Waals surface area contributed by atoms with Crippen molar-refractivity contribution < 1.29 is 32.6 Å². The number of carboxylic acids is 1. The number of carbonyl (C=O) groups is 2. The molecule has 9 heteroatoms. The van der Waals surface area contributed by atoms with Crippen LogP contribution >= 0.6 is 11.3 Å². The minimum absolute atomic E-state index is 0.0495. The Kier molecular flexibility index (Phi) is 8.68. The van der Waals surface area contributed by atoms with Crippen molar-refractivity contribution in [3.05, 3.63) is 75.5 Å². The Labute approximate surface area is 218 Å². The molecule has 3 rings (SSSR count). The third kappa shape index (κ3) is 8.08. The summed E-state index contributed by atoms with van der Waals surface area (Å²) in [4.78, 5) is 24.4. The first-order valence-electron chi connectivity index (χ1n) is 11.8. The Hall–Kier alpha value is -3.33. The number of hydrogen-bond acceptors (Lipinski definition) is 4. The van der Waals surface area contributed by atoms with Crippen LogP contribution in [0.1, 0.15) is 65.4 Å². The largest absolute Gasteiger partial charge is 0.485 e. The van der Waals surface area contributed by atoms with Gasteiger partial charge in [-0.05, 0) is 71.8 Å². The summed E-state index contributed by atoms with van der Waals surface area (Å²) < 4.78 is 45.1. The normalized spacial score (nSPS) is 12.7. The quantitative estimate of drug-likeness (QED) is 0.299. The first-order valence-corrected chi connectivity index (χ1v) is 12.6. The van der Waals surface area contributed by atoms with Crippen molar-refractivity contribution in [1.29, 1.82) is 0 Å². The Morgan fingerprint density at radius 2 is 1.70 bits per heavy atom. The van der Waals surface area contributed by atoms with E-state index in [4.69, 9.17) is 9.84 Å². The number of amides is 1. The number of halogens is 3. The number of rotatable bonds is 9. The van der Waals surface area contributed by atoms with Gasteiger partial charge in [-0.2, -0.15) is 13.2 Å². The Morgan fingerprint density at radius 1 is 1.03 bits per heavy atom. The highest BCUT2D eigenvalue weighted by atomic mass is 32.1. The summed E-state index contributed by atoms with van der Waals surface area (Å²) >= 11 is 1.30. The molecule has 2 N–H and O–H groups in total. The van der Waals surface area contributed by atoms with E-state index in [1.165, 1.54) is 23.5 Å². The topological polar surface area (TPSA) is 75.6 Å². The number of ether oxygens (including phenoxy) is 1. The molecule has 0 saturated heterocycles. The average molecular weight is 534 g/mol. The first-order chi connectivity index (χ1) is 17.2. The number of carboxylic acid groups (broad SMARTS) is 1. The number of aliphatic carboxylic acids is 1. The molecule has 5 nitrogen and oxygen atoms in total. The number of thiophene rings is 1. The molecule has 0 radical (unpaired) electrons. The summed E-state index contributed by atoms with van der Waals surface area (Å²) in [7, 11) is 0. The fourth-order valence-corrected chi connectivity index (χ4v) is 4.76. The SMILES string of the molecule is Cc1cc(O[C@H](CC(C)(C)C)c2ccc(C(=O)NCCC(=O)O)s2)ccc1-c1ccc(C(F)(F)F)cc1. The van der Waals surface area contributed by atoms with E-state index in [1.54, 1.807) is 12.1 Å². The van der Waals surface area contributed by atoms with E-state index >= 15 is 0 Å². The molecule has 1 heterocycles. The number of hydrogen-bond donors (Lipinski definition) is 2. The van der Waals surface area contributed by atoms with Gasteiger partial charge in [-0.15, -0.1) is 11.3 Å². The fourth-order valence-electron chi connectivity index (χ4n) is 3.81. The van der Waals surface area contributed by atoms with Gasteiger partial charge in [0.05, 0.1) is 16.9 Å². The second-order valence-electron chi connectivity index (χ2n) is 10.0. The summed E-state index contributed by atoms with van der Waals surface area (Å²) in [6, 6.07) is 14.1. The van der Waals surface area contributed by atoms with Gasteiger partial charge in [0.1, 0.15) is 11.9 Å². The molecule has 0 aliphatic heterocycles. The van der Waals surface area contributed by atoms with Gasteiger partial charge in [0.25, 0.3) is 5.91 Å². The lowest BCUT2D eigenvalue weighted by Crippen LogP contribution is -2.25. The van der Waals surface area contributed by atoms with Crippen LogP contribution in [0.2, 0.25) is 0 Å². The predicted molar refractivity (Wildman–Crippen MR) is 138 cm³/mol. The maximum absolute atomic E-state index is 12.9. The lowest BCUT2D eigenvalue weighted by molar-refractivity contribution is -0.138. The summed E-state index contributed by atoms with van der Waals surface area (Å²) in [5.41, 5.74) is 1.58. The molecule has 0 bridgehead atoms. The molecule has 37 heavy (non-hydrogen) atoms. The van der Waals surface area contributed by atoms with Crippen LogP contribution in [-0.2, 0) is 11.0 Å². The van der Waals surface area contributed by atoms with E-state index in [2.05, 4.69) is 26.1 Å². The van der Waals surface area contributed by atoms with E-state index in [0.29, 0.717) is 22.6 Å². The molecular formula is C28H30F3NO4S. The van der Waals surface area contributed by atoms with Crippen LogP contribution in [0.5, 0.6) is 5.75 Å². The van der Waals surface area contributed by atoms with Crippen molar-refractivity contribution in [3.63, 3.8) is 0 Å². The van der Waals surface area contributed by atoms with Gasteiger partial charge in [-0.3, -0.25) is 9.59 Å². The van der Waals surface area contributed by atoms with Crippen molar-refractivity contribution >= 4 is 23.2 Å². The van der Waals surface area contributed by atoms with Crippen LogP contribution in [0, 0.1) is 12.3 Å². The Balaban J connectivity index is 1.79. The number of benzene rings is 2. The van der Waals surface area contributed by atoms with Gasteiger partial charge >= 0.3 is 12.1 Å². The van der Waals surface area contributed by atoms with Crippen LogP contribution < -0.4 is 10.1 Å². The van der Waals surface area contributed by atoms with Crippen LogP contribution in [0.15, 0.2) is 54.6 Å². The Bertz CT molecular complexity index is 1240. The molecule has 1 atom stereocenters. The van der Waals surface area contributed by atoms with Crippen molar-refractivity contribution in [2.45, 2.75) is 52.8 Å². The predicted octanol–water partition coefficient (Wildman–Crippen LogP) is 7.50. The van der Waals surface area contributed by atoms with Crippen molar-refractivity contribution in [2.75, 3.05) is 6.54 Å². The molecule has 1 aromatic heterocycles. The standard InChI is InChI=1S/C28H30F3NO4S/c1-17-15-20(9-10-21(17)18-5-7-19(8-6-18)28(29,30)31)36-22(16-27(2,3)4)23-11-12-24(37-23)26(35)32-14-13-25(33)34/h5-12,15,22H,13-14,16H2,1-4H3,(H,32,35)(H,33,34)/t22-/m1/s1. The van der Waals surface area contributed by atoms with Gasteiger partial charge in [0.2, 0.25) is 0 Å². The smallest absolute Gasteiger partial charge is 0.416 e. The summed E-state index contributed by atoms with van der Waals surface area (Å²) in [5, 5.41) is 11.4. The first kappa shape index (κ1) is 28.2. The highest BCUT2D eigenvalue weighted by Gasteiger charge is 2.30. The lowest BCUT2D eigenvalue weighted by atomic mass is 9.88. The molecule has 2 aromatic carbocycles. The van der Waals surface area contributed by atoms with Crippen molar-refractivity contribution in [1.82, 2.24) is 5.32 Å². The monoisotopic (exact) mass is 533 g/mol. The summed E-state index contributed by atoms with van der Waals surface area (Å²) in [6.45, 7) is 8.21. The zero-order chi connectivity index (χ0) is 27.4. The van der Waals surface area contributed by atoms with E-state index in [1.807, 2.05) is 25.1 Å². The zero-order valence-electron chi connectivity index (χ0n) is 21.1. The molecule has 0 aliphatic rings. The van der Waals surface area contributed by atoms with E-state index in [0.717, 1.165) is 28.1 Å². The van der Waals surface area contributed by atoms with Crippen LogP contribution in [0.4, 0.5) is 13.2 Å². The minimum Gasteiger partial charge on any atom is -0.485 e. The fraction of sp³-hybridized carbons (Fsp3) is 0.357. The highest BCUT2D eigenvalue weighted by Crippen LogP contribution is 2.38. The van der Waals surface area contributed by atoms with E-state index < -0.39 is 17.7 Å². The van der Waals surface area contributed by atoms with Crippen LogP contribution in [-0.4, -0.2) is 23.5 Å². The second kappa shape index (κ2) is 11.4. The van der Waals surface area contributed by atoms with Gasteiger partial charge in [-0.25, -0.2) is 0 Å². The van der Waals surface area contributed by atoms with Crippen LogP contribution in [0.25, 0.3) is 11.1 Å². The zero-order valence-corrected chi connectivity index (χ0v) is 21.9. The molecule has 0 spiro atoms. The summed E-state index contributed by atoms with van der Waals surface area (Å²) in [5.74, 6) is -0.697. The number of aryl methyl sites for hydroxylation is 1. The molecule has 1 amide bonds. The second-order valence-corrected chi connectivity index (χ2v) is 11.1. The van der Waals surface area contributed by atoms with Crippen molar-refractivity contribution in [3.8, 4) is 16.9 Å². The van der Waals surface area contributed by atoms with E-state index in [-0.39, 0.29) is 30.4 Å². The molecular weight excluding hydrogens is 503 g/mol. The lowest BCUT2D eigenvalue weighted by Gasteiger charge is -2.26.